The molecule has 0 heterocycles. The molecule has 4 nitrogen and oxygen atoms in total. The van der Waals surface area contributed by atoms with Crippen molar-refractivity contribution in [1.82, 2.24) is 0 Å². The Morgan fingerprint density at radius 3 is 2.52 bits per heavy atom. The van der Waals surface area contributed by atoms with Gasteiger partial charge >= 0.3 is 5.97 Å². The number of carboxylic acids is 1. The van der Waals surface area contributed by atoms with Crippen molar-refractivity contribution in [2.45, 2.75) is 13.5 Å². The fourth-order valence-corrected chi connectivity index (χ4v) is 2.76. The zero-order valence-electron chi connectivity index (χ0n) is 12.1. The minimum atomic E-state index is -1.04. The van der Waals surface area contributed by atoms with Crippen LogP contribution in [-0.4, -0.2) is 17.7 Å². The predicted molar refractivity (Wildman–Crippen MR) is 93.1 cm³/mol. The summed E-state index contributed by atoms with van der Waals surface area (Å²) in [6.07, 6.45) is 0. The van der Waals surface area contributed by atoms with Crippen molar-refractivity contribution < 1.29 is 19.4 Å². The molecule has 0 radical (unpaired) electrons. The topological polar surface area (TPSA) is 55.8 Å². The second-order valence-electron chi connectivity index (χ2n) is 4.56. The molecule has 0 spiro atoms. The van der Waals surface area contributed by atoms with Gasteiger partial charge in [-0.3, -0.25) is 0 Å². The average Bonchev–Trinajstić information content (AvgIpc) is 2.49. The Morgan fingerprint density at radius 2 is 1.91 bits per heavy atom. The summed E-state index contributed by atoms with van der Waals surface area (Å²) in [6, 6.07) is 8.10. The van der Waals surface area contributed by atoms with Crippen LogP contribution in [0.2, 0.25) is 10.0 Å². The molecule has 2 aromatic carbocycles. The number of ether oxygens (including phenoxy) is 2. The fraction of sp³-hybridized carbons (Fsp3) is 0.188. The Balaban J connectivity index is 2.27. The minimum Gasteiger partial charge on any atom is -0.490 e. The number of hydrogen-bond acceptors (Lipinski definition) is 3. The molecule has 0 saturated heterocycles. The molecule has 2 aromatic rings. The quantitative estimate of drug-likeness (QED) is 0.677. The standard InChI is InChI=1S/C16H13BrCl2O4/c1-2-22-14-7-10(16(20)21)6-11(17)15(14)23-8-9-3-4-12(18)13(19)5-9/h3-7H,2,8H2,1H3,(H,20,21). The van der Waals surface area contributed by atoms with Crippen LogP contribution in [0.25, 0.3) is 0 Å². The molecule has 23 heavy (non-hydrogen) atoms. The van der Waals surface area contributed by atoms with E-state index in [1.807, 2.05) is 6.92 Å². The van der Waals surface area contributed by atoms with Gasteiger partial charge in [-0.1, -0.05) is 29.3 Å². The third kappa shape index (κ3) is 4.53. The van der Waals surface area contributed by atoms with Gasteiger partial charge in [-0.2, -0.15) is 0 Å². The molecule has 122 valence electrons. The first-order valence-electron chi connectivity index (χ1n) is 6.68. The number of carboxylic acid groups (broad SMARTS) is 1. The van der Waals surface area contributed by atoms with Crippen LogP contribution in [0.5, 0.6) is 11.5 Å². The molecule has 7 heteroatoms. The highest BCUT2D eigenvalue weighted by atomic mass is 79.9. The van der Waals surface area contributed by atoms with Gasteiger partial charge in [0, 0.05) is 0 Å². The van der Waals surface area contributed by atoms with E-state index in [0.717, 1.165) is 5.56 Å². The van der Waals surface area contributed by atoms with Gasteiger partial charge in [0.1, 0.15) is 6.61 Å². The summed E-state index contributed by atoms with van der Waals surface area (Å²) in [5, 5.41) is 10.0. The molecule has 1 N–H and O–H groups in total. The van der Waals surface area contributed by atoms with Gasteiger partial charge in [0.05, 0.1) is 26.7 Å². The zero-order valence-corrected chi connectivity index (χ0v) is 15.2. The maximum absolute atomic E-state index is 11.1. The van der Waals surface area contributed by atoms with Gasteiger partial charge in [0.2, 0.25) is 0 Å². The number of halogens is 3. The summed E-state index contributed by atoms with van der Waals surface area (Å²) in [7, 11) is 0. The Bertz CT molecular complexity index is 734. The van der Waals surface area contributed by atoms with Crippen molar-refractivity contribution >= 4 is 45.1 Å². The molecular weight excluding hydrogens is 407 g/mol. The molecule has 0 bridgehead atoms. The van der Waals surface area contributed by atoms with Gasteiger partial charge in [-0.05, 0) is 52.7 Å². The molecule has 0 aliphatic carbocycles. The normalized spacial score (nSPS) is 10.4. The minimum absolute atomic E-state index is 0.113. The Kier molecular flexibility index (Phi) is 6.16. The Hall–Kier alpha value is -1.43. The van der Waals surface area contributed by atoms with Gasteiger partial charge in [-0.25, -0.2) is 4.79 Å². The van der Waals surface area contributed by atoms with E-state index in [2.05, 4.69) is 15.9 Å². The average molecular weight is 420 g/mol. The van der Waals surface area contributed by atoms with Crippen LogP contribution < -0.4 is 9.47 Å². The van der Waals surface area contributed by atoms with Crippen LogP contribution in [0.1, 0.15) is 22.8 Å². The van der Waals surface area contributed by atoms with Crippen LogP contribution in [0.15, 0.2) is 34.8 Å². The lowest BCUT2D eigenvalue weighted by Gasteiger charge is -2.15. The number of rotatable bonds is 6. The van der Waals surface area contributed by atoms with Gasteiger partial charge in [0.15, 0.2) is 11.5 Å². The van der Waals surface area contributed by atoms with Crippen molar-refractivity contribution in [3.05, 3.63) is 56.0 Å². The fourth-order valence-electron chi connectivity index (χ4n) is 1.88. The molecule has 0 aliphatic heterocycles. The Labute approximate surface area is 152 Å². The molecule has 0 aliphatic rings. The van der Waals surface area contributed by atoms with Crippen LogP contribution in [-0.2, 0) is 6.61 Å². The van der Waals surface area contributed by atoms with Gasteiger partial charge in [-0.15, -0.1) is 0 Å². The second-order valence-corrected chi connectivity index (χ2v) is 6.23. The summed E-state index contributed by atoms with van der Waals surface area (Å²) < 4.78 is 11.7. The lowest BCUT2D eigenvalue weighted by Crippen LogP contribution is -2.03. The highest BCUT2D eigenvalue weighted by Gasteiger charge is 2.16. The molecular formula is C16H13BrCl2O4. The number of aromatic carboxylic acids is 1. The SMILES string of the molecule is CCOc1cc(C(=O)O)cc(Br)c1OCc1ccc(Cl)c(Cl)c1. The third-order valence-corrected chi connectivity index (χ3v) is 4.25. The van der Waals surface area contributed by atoms with E-state index in [1.165, 1.54) is 12.1 Å². The number of benzene rings is 2. The molecule has 2 rings (SSSR count). The van der Waals surface area contributed by atoms with E-state index >= 15 is 0 Å². The third-order valence-electron chi connectivity index (χ3n) is 2.92. The first-order chi connectivity index (χ1) is 10.9. The molecule has 0 unspecified atom stereocenters. The van der Waals surface area contributed by atoms with Crippen molar-refractivity contribution in [3.8, 4) is 11.5 Å². The number of hydrogen-bond donors (Lipinski definition) is 1. The summed E-state index contributed by atoms with van der Waals surface area (Å²) in [5.41, 5.74) is 0.943. The van der Waals surface area contributed by atoms with Crippen molar-refractivity contribution in [3.63, 3.8) is 0 Å². The van der Waals surface area contributed by atoms with E-state index in [-0.39, 0.29) is 12.2 Å². The molecule has 0 aromatic heterocycles. The Morgan fingerprint density at radius 1 is 1.17 bits per heavy atom. The lowest BCUT2D eigenvalue weighted by molar-refractivity contribution is 0.0696. The molecule has 0 atom stereocenters. The van der Waals surface area contributed by atoms with E-state index in [4.69, 9.17) is 37.8 Å². The van der Waals surface area contributed by atoms with Crippen molar-refractivity contribution in [2.75, 3.05) is 6.61 Å². The van der Waals surface area contributed by atoms with Crippen LogP contribution in [0, 0.1) is 0 Å². The van der Waals surface area contributed by atoms with Gasteiger partial charge in [0.25, 0.3) is 0 Å². The second kappa shape index (κ2) is 7.90. The molecule has 0 saturated carbocycles. The largest absolute Gasteiger partial charge is 0.490 e. The number of carbonyl (C=O) groups is 1. The molecule has 0 fully saturated rings. The highest BCUT2D eigenvalue weighted by molar-refractivity contribution is 9.10. The summed E-state index contributed by atoms with van der Waals surface area (Å²) in [6.45, 7) is 2.44. The molecule has 0 amide bonds. The lowest BCUT2D eigenvalue weighted by atomic mass is 10.2. The smallest absolute Gasteiger partial charge is 0.335 e. The maximum Gasteiger partial charge on any atom is 0.335 e. The van der Waals surface area contributed by atoms with Crippen molar-refractivity contribution in [2.24, 2.45) is 0 Å². The summed E-state index contributed by atoms with van der Waals surface area (Å²) in [5.74, 6) is -0.245. The maximum atomic E-state index is 11.1. The van der Waals surface area contributed by atoms with Crippen LogP contribution in [0.3, 0.4) is 0 Å². The first kappa shape index (κ1) is 17.9. The summed E-state index contributed by atoms with van der Waals surface area (Å²) >= 11 is 15.2. The van der Waals surface area contributed by atoms with Crippen LogP contribution >= 0.6 is 39.1 Å². The predicted octanol–water partition coefficient (Wildman–Crippen LogP) is 5.43. The highest BCUT2D eigenvalue weighted by Crippen LogP contribution is 2.37. The van der Waals surface area contributed by atoms with Crippen LogP contribution in [0.4, 0.5) is 0 Å². The summed E-state index contributed by atoms with van der Waals surface area (Å²) in [4.78, 5) is 11.1. The van der Waals surface area contributed by atoms with E-state index < -0.39 is 5.97 Å². The van der Waals surface area contributed by atoms with Gasteiger partial charge < -0.3 is 14.6 Å². The van der Waals surface area contributed by atoms with E-state index in [9.17, 15) is 4.79 Å². The van der Waals surface area contributed by atoms with E-state index in [1.54, 1.807) is 18.2 Å². The van der Waals surface area contributed by atoms with Crippen molar-refractivity contribution in [1.29, 1.82) is 0 Å². The first-order valence-corrected chi connectivity index (χ1v) is 8.23. The van der Waals surface area contributed by atoms with E-state index in [0.29, 0.717) is 32.6 Å². The monoisotopic (exact) mass is 418 g/mol. The zero-order chi connectivity index (χ0) is 17.0.